The second-order valence-electron chi connectivity index (χ2n) is 6.22. The van der Waals surface area contributed by atoms with Gasteiger partial charge in [-0.3, -0.25) is 8.77 Å². The van der Waals surface area contributed by atoms with Crippen molar-refractivity contribution >= 4 is 27.9 Å². The van der Waals surface area contributed by atoms with Gasteiger partial charge in [-0.15, -0.1) is 0 Å². The molecule has 0 aliphatic carbocycles. The average Bonchev–Trinajstić information content (AvgIpc) is 3.07. The Hall–Kier alpha value is -3.18. The Morgan fingerprint density at radius 2 is 1.67 bits per heavy atom. The Bertz CT molecular complexity index is 1150. The standard InChI is InChI=1S/C22H17NO3S/c24-22(25)14-16-7-6-8-17(13-16)20-15-23(21-12-5-4-11-19(20)21)27(26)18-9-2-1-3-10-18/h1-13,15H,14H2,(H,24,25). The van der Waals surface area contributed by atoms with Crippen LogP contribution in [-0.4, -0.2) is 19.3 Å². The number of aliphatic carboxylic acids is 1. The summed E-state index contributed by atoms with van der Waals surface area (Å²) in [5, 5.41) is 10.0. The maximum absolute atomic E-state index is 13.1. The van der Waals surface area contributed by atoms with Gasteiger partial charge in [-0.25, -0.2) is 4.21 Å². The van der Waals surface area contributed by atoms with Crippen LogP contribution < -0.4 is 0 Å². The predicted molar refractivity (Wildman–Crippen MR) is 107 cm³/mol. The Kier molecular flexibility index (Phi) is 4.60. The van der Waals surface area contributed by atoms with Crippen LogP contribution in [0.15, 0.2) is 90.0 Å². The van der Waals surface area contributed by atoms with Crippen LogP contribution in [0, 0.1) is 0 Å². The number of carboxylic acid groups (broad SMARTS) is 1. The van der Waals surface area contributed by atoms with Gasteiger partial charge in [-0.05, 0) is 29.3 Å². The Morgan fingerprint density at radius 1 is 0.926 bits per heavy atom. The highest BCUT2D eigenvalue weighted by Crippen LogP contribution is 2.32. The van der Waals surface area contributed by atoms with Gasteiger partial charge in [-0.2, -0.15) is 0 Å². The monoisotopic (exact) mass is 375 g/mol. The molecule has 0 saturated heterocycles. The van der Waals surface area contributed by atoms with E-state index in [0.29, 0.717) is 0 Å². The smallest absolute Gasteiger partial charge is 0.307 e. The molecule has 0 aliphatic rings. The van der Waals surface area contributed by atoms with E-state index in [9.17, 15) is 9.00 Å². The van der Waals surface area contributed by atoms with E-state index in [1.807, 2.05) is 79.0 Å². The zero-order chi connectivity index (χ0) is 18.8. The molecule has 4 rings (SSSR count). The van der Waals surface area contributed by atoms with Gasteiger partial charge in [0.15, 0.2) is 11.0 Å². The van der Waals surface area contributed by atoms with Gasteiger partial charge in [0, 0.05) is 17.1 Å². The first kappa shape index (κ1) is 17.2. The van der Waals surface area contributed by atoms with Crippen LogP contribution in [-0.2, 0) is 22.2 Å². The minimum absolute atomic E-state index is 0.0254. The van der Waals surface area contributed by atoms with E-state index >= 15 is 0 Å². The summed E-state index contributed by atoms with van der Waals surface area (Å²) in [5.41, 5.74) is 3.45. The minimum Gasteiger partial charge on any atom is -0.481 e. The van der Waals surface area contributed by atoms with Crippen LogP contribution in [0.5, 0.6) is 0 Å². The number of aromatic nitrogens is 1. The normalized spacial score (nSPS) is 12.1. The number of carboxylic acids is 1. The summed E-state index contributed by atoms with van der Waals surface area (Å²) in [7, 11) is -1.37. The molecule has 1 aromatic heterocycles. The van der Waals surface area contributed by atoms with E-state index in [1.165, 1.54) is 0 Å². The van der Waals surface area contributed by atoms with Crippen LogP contribution >= 0.6 is 0 Å². The fraction of sp³-hybridized carbons (Fsp3) is 0.0455. The summed E-state index contributed by atoms with van der Waals surface area (Å²) in [6.45, 7) is 0. The summed E-state index contributed by atoms with van der Waals surface area (Å²) >= 11 is 0. The molecule has 0 amide bonds. The van der Waals surface area contributed by atoms with E-state index in [2.05, 4.69) is 0 Å². The van der Waals surface area contributed by atoms with Crippen LogP contribution in [0.25, 0.3) is 22.0 Å². The second-order valence-corrected chi connectivity index (χ2v) is 7.58. The number of hydrogen-bond donors (Lipinski definition) is 1. The van der Waals surface area contributed by atoms with Crippen molar-refractivity contribution in [1.82, 2.24) is 3.97 Å². The SMILES string of the molecule is O=C(O)Cc1cccc(-c2cn(S(=O)c3ccccc3)c3ccccc23)c1. The maximum Gasteiger partial charge on any atom is 0.307 e. The van der Waals surface area contributed by atoms with Gasteiger partial charge in [-0.1, -0.05) is 60.7 Å². The lowest BCUT2D eigenvalue weighted by atomic mass is 10.0. The second kappa shape index (κ2) is 7.21. The predicted octanol–water partition coefficient (Wildman–Crippen LogP) is 4.51. The molecule has 1 N–H and O–H groups in total. The molecule has 134 valence electrons. The largest absolute Gasteiger partial charge is 0.481 e. The third-order valence-corrected chi connectivity index (χ3v) is 5.73. The molecule has 0 bridgehead atoms. The number of hydrogen-bond acceptors (Lipinski definition) is 2. The van der Waals surface area contributed by atoms with Crippen molar-refractivity contribution in [2.24, 2.45) is 0 Å². The van der Waals surface area contributed by atoms with Gasteiger partial charge in [0.05, 0.1) is 16.8 Å². The molecule has 1 heterocycles. The highest BCUT2D eigenvalue weighted by molar-refractivity contribution is 7.83. The summed E-state index contributed by atoms with van der Waals surface area (Å²) in [6, 6.07) is 24.6. The van der Waals surface area contributed by atoms with Crippen molar-refractivity contribution in [3.05, 3.63) is 90.6 Å². The quantitative estimate of drug-likeness (QED) is 0.558. The summed E-state index contributed by atoms with van der Waals surface area (Å²) in [6.07, 6.45) is 1.86. The van der Waals surface area contributed by atoms with E-state index in [4.69, 9.17) is 5.11 Å². The van der Waals surface area contributed by atoms with Crippen molar-refractivity contribution in [3.8, 4) is 11.1 Å². The lowest BCUT2D eigenvalue weighted by Gasteiger charge is -2.04. The van der Waals surface area contributed by atoms with Crippen LogP contribution in [0.4, 0.5) is 0 Å². The number of carbonyl (C=O) groups is 1. The maximum atomic E-state index is 13.1. The number of para-hydroxylation sites is 1. The summed E-state index contributed by atoms with van der Waals surface area (Å²) < 4.78 is 14.9. The molecular formula is C22H17NO3S. The van der Waals surface area contributed by atoms with E-state index < -0.39 is 17.0 Å². The molecule has 27 heavy (non-hydrogen) atoms. The molecule has 0 aliphatic heterocycles. The molecular weight excluding hydrogens is 358 g/mol. The summed E-state index contributed by atoms with van der Waals surface area (Å²) in [4.78, 5) is 11.8. The van der Waals surface area contributed by atoms with Gasteiger partial charge >= 0.3 is 5.97 Å². The molecule has 1 unspecified atom stereocenters. The fourth-order valence-corrected chi connectivity index (χ4v) is 4.35. The molecule has 5 heteroatoms. The number of nitrogens with zero attached hydrogens (tertiary/aromatic N) is 1. The van der Waals surface area contributed by atoms with Gasteiger partial charge in [0.1, 0.15) is 0 Å². The Balaban J connectivity index is 1.86. The fourth-order valence-electron chi connectivity index (χ4n) is 3.19. The molecule has 1 atom stereocenters. The minimum atomic E-state index is -1.37. The first-order valence-electron chi connectivity index (χ1n) is 8.52. The summed E-state index contributed by atoms with van der Waals surface area (Å²) in [5.74, 6) is -0.861. The molecule has 0 fully saturated rings. The highest BCUT2D eigenvalue weighted by Gasteiger charge is 2.15. The van der Waals surface area contributed by atoms with E-state index in [0.717, 1.165) is 32.5 Å². The molecule has 0 spiro atoms. The van der Waals surface area contributed by atoms with E-state index in [1.54, 1.807) is 10.0 Å². The Morgan fingerprint density at radius 3 is 2.44 bits per heavy atom. The van der Waals surface area contributed by atoms with Crippen molar-refractivity contribution in [1.29, 1.82) is 0 Å². The molecule has 0 radical (unpaired) electrons. The molecule has 4 nitrogen and oxygen atoms in total. The number of fused-ring (bicyclic) bond motifs is 1. The molecule has 3 aromatic carbocycles. The van der Waals surface area contributed by atoms with Gasteiger partial charge in [0.25, 0.3) is 0 Å². The molecule has 4 aromatic rings. The topological polar surface area (TPSA) is 59.3 Å². The molecule has 0 saturated carbocycles. The zero-order valence-corrected chi connectivity index (χ0v) is 15.2. The lowest BCUT2D eigenvalue weighted by Crippen LogP contribution is -2.03. The number of benzene rings is 3. The van der Waals surface area contributed by atoms with Gasteiger partial charge in [0.2, 0.25) is 0 Å². The van der Waals surface area contributed by atoms with Crippen molar-refractivity contribution in [3.63, 3.8) is 0 Å². The van der Waals surface area contributed by atoms with Crippen molar-refractivity contribution in [2.75, 3.05) is 0 Å². The van der Waals surface area contributed by atoms with Gasteiger partial charge < -0.3 is 5.11 Å². The number of rotatable bonds is 5. The zero-order valence-electron chi connectivity index (χ0n) is 14.4. The van der Waals surface area contributed by atoms with Crippen LogP contribution in [0.2, 0.25) is 0 Å². The van der Waals surface area contributed by atoms with Crippen LogP contribution in [0.3, 0.4) is 0 Å². The van der Waals surface area contributed by atoms with Crippen molar-refractivity contribution < 1.29 is 14.1 Å². The third kappa shape index (κ3) is 3.41. The van der Waals surface area contributed by atoms with Crippen LogP contribution in [0.1, 0.15) is 5.56 Å². The highest BCUT2D eigenvalue weighted by atomic mass is 32.2. The van der Waals surface area contributed by atoms with Crippen molar-refractivity contribution in [2.45, 2.75) is 11.3 Å². The first-order valence-corrected chi connectivity index (χ1v) is 9.62. The Labute approximate surface area is 159 Å². The lowest BCUT2D eigenvalue weighted by molar-refractivity contribution is -0.136. The third-order valence-electron chi connectivity index (χ3n) is 4.39. The first-order chi connectivity index (χ1) is 13.1. The van der Waals surface area contributed by atoms with E-state index in [-0.39, 0.29) is 6.42 Å². The average molecular weight is 375 g/mol.